The normalized spacial score (nSPS) is 10.6. The summed E-state index contributed by atoms with van der Waals surface area (Å²) in [5.74, 6) is 1.23. The van der Waals surface area contributed by atoms with Gasteiger partial charge in [0.2, 0.25) is 17.5 Å². The van der Waals surface area contributed by atoms with Crippen molar-refractivity contribution in [2.45, 2.75) is 11.8 Å². The average molecular weight is 447 g/mol. The van der Waals surface area contributed by atoms with E-state index in [1.165, 1.54) is 38.4 Å². The second kappa shape index (κ2) is 10.2. The fourth-order valence-electron chi connectivity index (χ4n) is 2.82. The molecule has 1 amide bonds. The predicted molar refractivity (Wildman–Crippen MR) is 113 cm³/mol. The summed E-state index contributed by atoms with van der Waals surface area (Å²) in [6.45, 7) is 0.303. The number of hydrogen-bond donors (Lipinski definition) is 0. The number of methoxy groups -OCH3 is 3. The van der Waals surface area contributed by atoms with E-state index in [4.69, 9.17) is 18.6 Å². The Morgan fingerprint density at radius 3 is 2.42 bits per heavy atom. The fourth-order valence-corrected chi connectivity index (χ4v) is 3.52. The first kappa shape index (κ1) is 22.4. The Morgan fingerprint density at radius 2 is 1.81 bits per heavy atom. The Balaban J connectivity index is 1.65. The fraction of sp³-hybridized carbons (Fsp3) is 0.286. The van der Waals surface area contributed by atoms with E-state index in [0.29, 0.717) is 34.9 Å². The van der Waals surface area contributed by atoms with Gasteiger partial charge >= 0.3 is 0 Å². The van der Waals surface area contributed by atoms with Crippen molar-refractivity contribution in [3.8, 4) is 28.7 Å². The summed E-state index contributed by atoms with van der Waals surface area (Å²) < 4.78 is 35.0. The summed E-state index contributed by atoms with van der Waals surface area (Å²) in [7, 11) is 6.21. The molecule has 8 nitrogen and oxygen atoms in total. The second-order valence-electron chi connectivity index (χ2n) is 6.46. The number of amides is 1. The van der Waals surface area contributed by atoms with Crippen LogP contribution in [-0.4, -0.2) is 55.1 Å². The molecule has 0 saturated carbocycles. The molecule has 0 unspecified atom stereocenters. The molecular weight excluding hydrogens is 425 g/mol. The Kier molecular flexibility index (Phi) is 7.35. The number of aromatic nitrogens is 2. The minimum absolute atomic E-state index is 0.0999. The molecule has 0 bridgehead atoms. The molecule has 10 heteroatoms. The molecule has 0 saturated heterocycles. The van der Waals surface area contributed by atoms with Gasteiger partial charge in [-0.3, -0.25) is 4.79 Å². The van der Waals surface area contributed by atoms with Crippen molar-refractivity contribution in [2.24, 2.45) is 0 Å². The van der Waals surface area contributed by atoms with Crippen LogP contribution in [0.3, 0.4) is 0 Å². The molecular formula is C21H22FN3O5S. The summed E-state index contributed by atoms with van der Waals surface area (Å²) in [6.07, 6.45) is 0. The molecule has 2 aromatic carbocycles. The molecule has 0 aliphatic rings. The smallest absolute Gasteiger partial charge is 0.277 e. The van der Waals surface area contributed by atoms with Crippen LogP contribution in [0.5, 0.6) is 17.2 Å². The molecule has 3 rings (SSSR count). The van der Waals surface area contributed by atoms with Crippen LogP contribution in [0.2, 0.25) is 0 Å². The average Bonchev–Trinajstić information content (AvgIpc) is 3.25. The highest BCUT2D eigenvalue weighted by Gasteiger charge is 2.18. The first-order valence-electron chi connectivity index (χ1n) is 9.20. The maximum absolute atomic E-state index is 13.3. The van der Waals surface area contributed by atoms with Crippen LogP contribution in [0.25, 0.3) is 11.5 Å². The number of carbonyl (C=O) groups excluding carboxylic acids is 1. The topological polar surface area (TPSA) is 86.9 Å². The third-order valence-corrected chi connectivity index (χ3v) is 5.18. The summed E-state index contributed by atoms with van der Waals surface area (Å²) in [5, 5.41) is 8.27. The Bertz CT molecular complexity index is 1030. The molecule has 0 aliphatic carbocycles. The maximum atomic E-state index is 13.3. The molecule has 1 aromatic heterocycles. The monoisotopic (exact) mass is 447 g/mol. The van der Waals surface area contributed by atoms with E-state index >= 15 is 0 Å². The Labute approximate surface area is 183 Å². The lowest BCUT2D eigenvalue weighted by Gasteiger charge is -2.16. The number of ether oxygens (including phenoxy) is 3. The van der Waals surface area contributed by atoms with Crippen molar-refractivity contribution in [3.05, 3.63) is 47.8 Å². The van der Waals surface area contributed by atoms with Crippen molar-refractivity contribution in [3.63, 3.8) is 0 Å². The van der Waals surface area contributed by atoms with E-state index in [2.05, 4.69) is 10.2 Å². The van der Waals surface area contributed by atoms with Gasteiger partial charge in [-0.05, 0) is 29.8 Å². The van der Waals surface area contributed by atoms with Crippen LogP contribution in [0.4, 0.5) is 4.39 Å². The third kappa shape index (κ3) is 5.46. The van der Waals surface area contributed by atoms with Crippen molar-refractivity contribution in [1.82, 2.24) is 15.1 Å². The molecule has 0 N–H and O–H groups in total. The number of carbonyl (C=O) groups is 1. The molecule has 1 heterocycles. The quantitative estimate of drug-likeness (QED) is 0.460. The van der Waals surface area contributed by atoms with Crippen molar-refractivity contribution >= 4 is 17.7 Å². The van der Waals surface area contributed by atoms with Gasteiger partial charge in [0.1, 0.15) is 5.82 Å². The lowest BCUT2D eigenvalue weighted by molar-refractivity contribution is -0.127. The zero-order valence-electron chi connectivity index (χ0n) is 17.5. The van der Waals surface area contributed by atoms with E-state index in [-0.39, 0.29) is 28.6 Å². The number of thioether (sulfide) groups is 1. The van der Waals surface area contributed by atoms with Crippen LogP contribution < -0.4 is 14.2 Å². The highest BCUT2D eigenvalue weighted by molar-refractivity contribution is 7.99. The van der Waals surface area contributed by atoms with Gasteiger partial charge in [-0.2, -0.15) is 0 Å². The van der Waals surface area contributed by atoms with Crippen molar-refractivity contribution in [2.75, 3.05) is 34.1 Å². The van der Waals surface area contributed by atoms with E-state index in [9.17, 15) is 9.18 Å². The largest absolute Gasteiger partial charge is 0.493 e. The number of hydrogen-bond acceptors (Lipinski definition) is 8. The SMILES string of the molecule is COc1cc(-c2nnc(SCC(=O)N(C)Cc3cccc(F)c3)o2)cc(OC)c1OC. The van der Waals surface area contributed by atoms with E-state index in [0.717, 1.165) is 11.8 Å². The van der Waals surface area contributed by atoms with E-state index in [1.807, 2.05) is 0 Å². The second-order valence-corrected chi connectivity index (χ2v) is 7.38. The standard InChI is InChI=1S/C21H22FN3O5S/c1-25(11-13-6-5-7-15(22)8-13)18(26)12-31-21-24-23-20(30-21)14-9-16(27-2)19(29-4)17(10-14)28-3/h5-10H,11-12H2,1-4H3. The molecule has 164 valence electrons. The van der Waals surface area contributed by atoms with Crippen LogP contribution >= 0.6 is 11.8 Å². The van der Waals surface area contributed by atoms with Gasteiger partial charge in [0.25, 0.3) is 5.22 Å². The van der Waals surface area contributed by atoms with Crippen LogP contribution in [0.15, 0.2) is 46.0 Å². The summed E-state index contributed by atoms with van der Waals surface area (Å²) in [6, 6.07) is 9.53. The zero-order valence-corrected chi connectivity index (χ0v) is 18.4. The molecule has 0 spiro atoms. The highest BCUT2D eigenvalue weighted by atomic mass is 32.2. The van der Waals surface area contributed by atoms with Crippen LogP contribution in [0, 0.1) is 5.82 Å². The lowest BCUT2D eigenvalue weighted by Crippen LogP contribution is -2.27. The molecule has 0 radical (unpaired) electrons. The maximum Gasteiger partial charge on any atom is 0.277 e. The predicted octanol–water partition coefficient (Wildman–Crippen LogP) is 3.65. The first-order valence-corrected chi connectivity index (χ1v) is 10.2. The minimum atomic E-state index is -0.335. The summed E-state index contributed by atoms with van der Waals surface area (Å²) in [4.78, 5) is 13.9. The highest BCUT2D eigenvalue weighted by Crippen LogP contribution is 2.41. The number of rotatable bonds is 9. The molecule has 0 fully saturated rings. The zero-order chi connectivity index (χ0) is 22.4. The minimum Gasteiger partial charge on any atom is -0.493 e. The van der Waals surface area contributed by atoms with Gasteiger partial charge in [0, 0.05) is 19.2 Å². The van der Waals surface area contributed by atoms with Crippen molar-refractivity contribution in [1.29, 1.82) is 0 Å². The van der Waals surface area contributed by atoms with E-state index < -0.39 is 0 Å². The number of halogens is 1. The number of nitrogens with zero attached hydrogens (tertiary/aromatic N) is 3. The van der Waals surface area contributed by atoms with Gasteiger partial charge < -0.3 is 23.5 Å². The van der Waals surface area contributed by atoms with Crippen LogP contribution in [-0.2, 0) is 11.3 Å². The molecule has 31 heavy (non-hydrogen) atoms. The number of benzene rings is 2. The summed E-state index contributed by atoms with van der Waals surface area (Å²) >= 11 is 1.12. The van der Waals surface area contributed by atoms with Gasteiger partial charge in [-0.15, -0.1) is 10.2 Å². The molecule has 3 aromatic rings. The van der Waals surface area contributed by atoms with Gasteiger partial charge in [0.05, 0.1) is 27.1 Å². The molecule has 0 aliphatic heterocycles. The van der Waals surface area contributed by atoms with Gasteiger partial charge in [-0.25, -0.2) is 4.39 Å². The lowest BCUT2D eigenvalue weighted by atomic mass is 10.2. The third-order valence-electron chi connectivity index (χ3n) is 4.37. The Morgan fingerprint density at radius 1 is 1.10 bits per heavy atom. The molecule has 0 atom stereocenters. The van der Waals surface area contributed by atoms with Gasteiger partial charge in [-0.1, -0.05) is 23.9 Å². The van der Waals surface area contributed by atoms with Crippen molar-refractivity contribution < 1.29 is 27.8 Å². The summed E-state index contributed by atoms with van der Waals surface area (Å²) in [5.41, 5.74) is 1.30. The van der Waals surface area contributed by atoms with Gasteiger partial charge in [0.15, 0.2) is 11.5 Å². The Hall–Kier alpha value is -3.27. The van der Waals surface area contributed by atoms with Crippen LogP contribution in [0.1, 0.15) is 5.56 Å². The first-order chi connectivity index (χ1) is 14.9. The van der Waals surface area contributed by atoms with E-state index in [1.54, 1.807) is 31.3 Å².